The molecule has 0 radical (unpaired) electrons. The molecule has 2 aromatic carbocycles. The van der Waals surface area contributed by atoms with Crippen LogP contribution in [0.3, 0.4) is 0 Å². The summed E-state index contributed by atoms with van der Waals surface area (Å²) in [7, 11) is 4.25. The summed E-state index contributed by atoms with van der Waals surface area (Å²) in [6.07, 6.45) is 17.2. The number of nitrogens with zero attached hydrogens (tertiary/aromatic N) is 1. The Balaban J connectivity index is 1.63. The predicted octanol–water partition coefficient (Wildman–Crippen LogP) is 8.91. The molecular weight excluding hydrogens is 482 g/mol. The van der Waals surface area contributed by atoms with Crippen LogP contribution in [-0.2, 0) is 22.5 Å². The second-order valence-corrected chi connectivity index (χ2v) is 11.7. The summed E-state index contributed by atoms with van der Waals surface area (Å²) < 4.78 is 12.3. The summed E-state index contributed by atoms with van der Waals surface area (Å²) in [5.74, 6) is 0.812. The van der Waals surface area contributed by atoms with Gasteiger partial charge in [0.15, 0.2) is 6.04 Å². The molecule has 1 atom stereocenters. The third-order valence-corrected chi connectivity index (χ3v) is 7.63. The molecule has 2 aromatic rings. The highest BCUT2D eigenvalue weighted by atomic mass is 16.5. The number of carbonyl (C=O) groups excluding carboxylic acids is 1. The summed E-state index contributed by atoms with van der Waals surface area (Å²) in [5, 5.41) is 0. The molecule has 1 unspecified atom stereocenters. The first-order valence-corrected chi connectivity index (χ1v) is 15.7. The number of quaternary nitrogens is 1. The summed E-state index contributed by atoms with van der Waals surface area (Å²) in [4.78, 5) is 13.0. The van der Waals surface area contributed by atoms with Crippen LogP contribution in [0.2, 0.25) is 0 Å². The second-order valence-electron chi connectivity index (χ2n) is 11.7. The molecular formula is C35H56NO3+. The van der Waals surface area contributed by atoms with Gasteiger partial charge in [-0.05, 0) is 37.0 Å². The van der Waals surface area contributed by atoms with Crippen molar-refractivity contribution < 1.29 is 18.8 Å². The van der Waals surface area contributed by atoms with E-state index >= 15 is 0 Å². The Hall–Kier alpha value is -2.33. The smallest absolute Gasteiger partial charge is 0.364 e. The van der Waals surface area contributed by atoms with Crippen LogP contribution in [0.1, 0.15) is 108 Å². The van der Waals surface area contributed by atoms with E-state index in [0.29, 0.717) is 24.1 Å². The highest BCUT2D eigenvalue weighted by Gasteiger charge is 2.35. The molecule has 0 heterocycles. The predicted molar refractivity (Wildman–Crippen MR) is 164 cm³/mol. The van der Waals surface area contributed by atoms with E-state index in [4.69, 9.17) is 9.47 Å². The maximum atomic E-state index is 13.0. The van der Waals surface area contributed by atoms with Crippen molar-refractivity contribution in [3.8, 4) is 5.75 Å². The molecule has 0 aliphatic heterocycles. The van der Waals surface area contributed by atoms with Crippen molar-refractivity contribution >= 4 is 5.97 Å². The van der Waals surface area contributed by atoms with Crippen LogP contribution in [0.5, 0.6) is 5.75 Å². The van der Waals surface area contributed by atoms with Gasteiger partial charge in [-0.25, -0.2) is 4.79 Å². The van der Waals surface area contributed by atoms with Crippen molar-refractivity contribution in [3.63, 3.8) is 0 Å². The third kappa shape index (κ3) is 14.0. The average Bonchev–Trinajstić information content (AvgIpc) is 2.93. The van der Waals surface area contributed by atoms with Crippen molar-refractivity contribution in [2.75, 3.05) is 27.3 Å². The topological polar surface area (TPSA) is 35.5 Å². The highest BCUT2D eigenvalue weighted by molar-refractivity contribution is 5.74. The lowest BCUT2D eigenvalue weighted by Crippen LogP contribution is -2.52. The minimum absolute atomic E-state index is 0.101. The van der Waals surface area contributed by atoms with Gasteiger partial charge in [-0.2, -0.15) is 0 Å². The maximum absolute atomic E-state index is 13.0. The van der Waals surface area contributed by atoms with Crippen molar-refractivity contribution in [3.05, 3.63) is 65.7 Å². The molecule has 0 saturated heterocycles. The van der Waals surface area contributed by atoms with Crippen molar-refractivity contribution in [1.82, 2.24) is 0 Å². The van der Waals surface area contributed by atoms with Gasteiger partial charge in [-0.15, -0.1) is 0 Å². The lowest BCUT2D eigenvalue weighted by Gasteiger charge is -2.36. The number of aryl methyl sites for hydroxylation is 1. The SMILES string of the molecule is CCCCCCCCCCCCc1cccc(OCCCOC(=O)C(CCC)[N+](C)(C)Cc2ccccc2)c1. The summed E-state index contributed by atoms with van der Waals surface area (Å²) in [6.45, 7) is 6.15. The van der Waals surface area contributed by atoms with E-state index in [9.17, 15) is 4.79 Å². The minimum atomic E-state index is -0.168. The van der Waals surface area contributed by atoms with Crippen molar-refractivity contribution in [2.24, 2.45) is 0 Å². The summed E-state index contributed by atoms with van der Waals surface area (Å²) in [5.41, 5.74) is 2.58. The lowest BCUT2D eigenvalue weighted by molar-refractivity contribution is -0.920. The van der Waals surface area contributed by atoms with E-state index in [1.54, 1.807) is 0 Å². The molecule has 0 amide bonds. The van der Waals surface area contributed by atoms with Gasteiger partial charge in [0.2, 0.25) is 0 Å². The Morgan fingerprint density at radius 3 is 2.03 bits per heavy atom. The van der Waals surface area contributed by atoms with Gasteiger partial charge >= 0.3 is 5.97 Å². The Morgan fingerprint density at radius 1 is 0.718 bits per heavy atom. The molecule has 4 heteroatoms. The zero-order chi connectivity index (χ0) is 28.2. The molecule has 0 fully saturated rings. The monoisotopic (exact) mass is 538 g/mol. The summed E-state index contributed by atoms with van der Waals surface area (Å²) in [6, 6.07) is 18.7. The molecule has 0 N–H and O–H groups in total. The number of hydrogen-bond acceptors (Lipinski definition) is 3. The fourth-order valence-electron chi connectivity index (χ4n) is 5.32. The molecule has 2 rings (SSSR count). The van der Waals surface area contributed by atoms with E-state index in [1.165, 1.54) is 75.3 Å². The Labute approximate surface area is 239 Å². The number of unbranched alkanes of at least 4 members (excludes halogenated alkanes) is 9. The Bertz CT molecular complexity index is 896. The van der Waals surface area contributed by atoms with E-state index in [0.717, 1.165) is 31.6 Å². The minimum Gasteiger partial charge on any atom is -0.493 e. The molecule has 0 saturated carbocycles. The van der Waals surface area contributed by atoms with Crippen molar-refractivity contribution in [2.45, 2.75) is 116 Å². The van der Waals surface area contributed by atoms with E-state index in [-0.39, 0.29) is 12.0 Å². The van der Waals surface area contributed by atoms with Gasteiger partial charge in [-0.1, -0.05) is 114 Å². The first-order chi connectivity index (χ1) is 19.0. The molecule has 0 bridgehead atoms. The standard InChI is InChI=1S/C35H56NO3/c1-5-7-8-9-10-11-12-13-14-16-22-31-25-19-26-33(29-31)38-27-20-28-39-35(37)34(21-6-2)36(3,4)30-32-23-17-15-18-24-32/h15,17-19,23-26,29,34H,5-14,16,20-22,27-28,30H2,1-4H3/q+1. The Morgan fingerprint density at radius 2 is 1.36 bits per heavy atom. The fraction of sp³-hybridized carbons (Fsp3) is 0.629. The molecule has 39 heavy (non-hydrogen) atoms. The average molecular weight is 539 g/mol. The summed E-state index contributed by atoms with van der Waals surface area (Å²) >= 11 is 0. The number of likely N-dealkylation sites (N-methyl/N-ethyl adjacent to an activating group) is 1. The zero-order valence-corrected chi connectivity index (χ0v) is 25.5. The number of hydrogen-bond donors (Lipinski definition) is 0. The molecule has 0 spiro atoms. The van der Waals surface area contributed by atoms with E-state index < -0.39 is 0 Å². The quantitative estimate of drug-likeness (QED) is 0.0853. The molecule has 218 valence electrons. The van der Waals surface area contributed by atoms with Crippen LogP contribution in [0.25, 0.3) is 0 Å². The second kappa shape index (κ2) is 19.7. The number of esters is 1. The van der Waals surface area contributed by atoms with Gasteiger partial charge in [0, 0.05) is 18.4 Å². The van der Waals surface area contributed by atoms with Gasteiger partial charge in [0.05, 0.1) is 27.3 Å². The Kier molecular flexibility index (Phi) is 16.6. The highest BCUT2D eigenvalue weighted by Crippen LogP contribution is 2.20. The zero-order valence-electron chi connectivity index (χ0n) is 25.5. The van der Waals surface area contributed by atoms with E-state index in [1.807, 2.05) is 12.1 Å². The lowest BCUT2D eigenvalue weighted by atomic mass is 10.0. The van der Waals surface area contributed by atoms with Crippen LogP contribution in [0, 0.1) is 0 Å². The van der Waals surface area contributed by atoms with Gasteiger partial charge in [-0.3, -0.25) is 0 Å². The maximum Gasteiger partial charge on any atom is 0.364 e. The number of rotatable bonds is 22. The largest absolute Gasteiger partial charge is 0.493 e. The first kappa shape index (κ1) is 32.9. The first-order valence-electron chi connectivity index (χ1n) is 15.7. The van der Waals surface area contributed by atoms with E-state index in [2.05, 4.69) is 70.4 Å². The number of carbonyl (C=O) groups is 1. The molecule has 0 aliphatic carbocycles. The number of benzene rings is 2. The van der Waals surface area contributed by atoms with Gasteiger partial charge < -0.3 is 14.0 Å². The van der Waals surface area contributed by atoms with Crippen LogP contribution in [0.4, 0.5) is 0 Å². The van der Waals surface area contributed by atoms with Crippen LogP contribution >= 0.6 is 0 Å². The molecule has 0 aliphatic rings. The molecule has 4 nitrogen and oxygen atoms in total. The van der Waals surface area contributed by atoms with Crippen LogP contribution in [-0.4, -0.2) is 43.8 Å². The fourth-order valence-corrected chi connectivity index (χ4v) is 5.32. The van der Waals surface area contributed by atoms with Gasteiger partial charge in [0.1, 0.15) is 12.3 Å². The van der Waals surface area contributed by atoms with Crippen LogP contribution in [0.15, 0.2) is 54.6 Å². The third-order valence-electron chi connectivity index (χ3n) is 7.63. The normalized spacial score (nSPS) is 12.3. The van der Waals surface area contributed by atoms with Crippen molar-refractivity contribution in [1.29, 1.82) is 0 Å². The number of ether oxygens (including phenoxy) is 2. The molecule has 0 aromatic heterocycles. The van der Waals surface area contributed by atoms with Gasteiger partial charge in [0.25, 0.3) is 0 Å². The van der Waals surface area contributed by atoms with Crippen LogP contribution < -0.4 is 4.74 Å².